The SMILES string of the molecule is CCCC(=O)O[C@H]1C/C(C)=C\[C@@H]2OC(=O)[C@]3(C)O[C@]23C(OC(C)=O)[C@H]2C(C)=CC[C@H](OC(C)=O)[C@]2(C)[C@H]1OC(=O)CC. The van der Waals surface area contributed by atoms with Gasteiger partial charge in [-0.3, -0.25) is 19.2 Å². The van der Waals surface area contributed by atoms with Gasteiger partial charge in [0.15, 0.2) is 17.3 Å². The van der Waals surface area contributed by atoms with Gasteiger partial charge >= 0.3 is 29.8 Å². The molecule has 9 atom stereocenters. The van der Waals surface area contributed by atoms with Crippen LogP contribution in [-0.2, 0) is 52.4 Å². The van der Waals surface area contributed by atoms with Crippen molar-refractivity contribution in [3.05, 3.63) is 23.3 Å². The number of epoxide rings is 1. The Balaban J connectivity index is 2.04. The van der Waals surface area contributed by atoms with Gasteiger partial charge in [0.2, 0.25) is 0 Å². The van der Waals surface area contributed by atoms with E-state index in [-0.39, 0.29) is 25.7 Å². The Hall–Kier alpha value is -3.21. The number of hydrogen-bond acceptors (Lipinski definition) is 11. The fraction of sp³-hybridized carbons (Fsp3) is 0.710. The van der Waals surface area contributed by atoms with Crippen LogP contribution in [0.15, 0.2) is 23.3 Å². The Morgan fingerprint density at radius 2 is 1.62 bits per heavy atom. The topological polar surface area (TPSA) is 144 Å². The molecule has 0 aromatic rings. The molecular weight excluding hydrogens is 548 g/mol. The highest BCUT2D eigenvalue weighted by atomic mass is 16.7. The van der Waals surface area contributed by atoms with E-state index in [1.807, 2.05) is 19.9 Å². The number of carbonyl (C=O) groups is 5. The molecule has 1 unspecified atom stereocenters. The normalized spacial score (nSPS) is 40.0. The quantitative estimate of drug-likeness (QED) is 0.185. The Morgan fingerprint density at radius 3 is 2.19 bits per heavy atom. The summed E-state index contributed by atoms with van der Waals surface area (Å²) >= 11 is 0. The van der Waals surface area contributed by atoms with Crippen LogP contribution in [0.1, 0.15) is 87.5 Å². The highest BCUT2D eigenvalue weighted by Gasteiger charge is 2.87. The molecule has 2 aliphatic carbocycles. The van der Waals surface area contributed by atoms with Gasteiger partial charge in [-0.25, -0.2) is 4.79 Å². The number of ether oxygens (including phenoxy) is 6. The van der Waals surface area contributed by atoms with Gasteiger partial charge < -0.3 is 28.4 Å². The Morgan fingerprint density at radius 1 is 0.952 bits per heavy atom. The van der Waals surface area contributed by atoms with Crippen molar-refractivity contribution in [1.29, 1.82) is 0 Å². The van der Waals surface area contributed by atoms with Gasteiger partial charge in [0.1, 0.15) is 24.4 Å². The number of hydrogen-bond donors (Lipinski definition) is 0. The molecule has 0 amide bonds. The van der Waals surface area contributed by atoms with Crippen molar-refractivity contribution in [2.45, 2.75) is 129 Å². The molecule has 11 heteroatoms. The third kappa shape index (κ3) is 5.14. The number of carbonyl (C=O) groups excluding carboxylic acids is 5. The molecule has 0 radical (unpaired) electrons. The lowest BCUT2D eigenvalue weighted by atomic mass is 9.56. The van der Waals surface area contributed by atoms with Crippen molar-refractivity contribution in [3.63, 3.8) is 0 Å². The van der Waals surface area contributed by atoms with Crippen molar-refractivity contribution in [1.82, 2.24) is 0 Å². The molecule has 0 saturated carbocycles. The van der Waals surface area contributed by atoms with Crippen molar-refractivity contribution in [2.24, 2.45) is 11.3 Å². The third-order valence-corrected chi connectivity index (χ3v) is 9.15. The van der Waals surface area contributed by atoms with Gasteiger partial charge in [-0.15, -0.1) is 0 Å². The molecule has 0 aromatic heterocycles. The van der Waals surface area contributed by atoms with Crippen molar-refractivity contribution in [3.8, 4) is 0 Å². The summed E-state index contributed by atoms with van der Waals surface area (Å²) in [6, 6.07) is 0. The van der Waals surface area contributed by atoms with Gasteiger partial charge in [-0.1, -0.05) is 38.0 Å². The summed E-state index contributed by atoms with van der Waals surface area (Å²) in [5, 5.41) is 0. The van der Waals surface area contributed by atoms with Gasteiger partial charge in [0.25, 0.3) is 0 Å². The van der Waals surface area contributed by atoms with Crippen LogP contribution in [0.25, 0.3) is 0 Å². The number of fused-ring (bicyclic) bond motifs is 1. The van der Waals surface area contributed by atoms with E-state index in [9.17, 15) is 24.0 Å². The summed E-state index contributed by atoms with van der Waals surface area (Å²) in [4.78, 5) is 64.3. The van der Waals surface area contributed by atoms with E-state index in [1.54, 1.807) is 33.8 Å². The van der Waals surface area contributed by atoms with Gasteiger partial charge in [-0.05, 0) is 33.3 Å². The maximum Gasteiger partial charge on any atom is 0.342 e. The van der Waals surface area contributed by atoms with Crippen molar-refractivity contribution >= 4 is 29.8 Å². The third-order valence-electron chi connectivity index (χ3n) is 9.15. The lowest BCUT2D eigenvalue weighted by Crippen LogP contribution is -2.64. The van der Waals surface area contributed by atoms with Crippen LogP contribution < -0.4 is 0 Å². The monoisotopic (exact) mass is 590 g/mol. The van der Waals surface area contributed by atoms with Crippen molar-refractivity contribution < 1.29 is 52.4 Å². The predicted octanol–water partition coefficient (Wildman–Crippen LogP) is 3.66. The van der Waals surface area contributed by atoms with E-state index < -0.39 is 82.9 Å². The Kier molecular flexibility index (Phi) is 8.66. The van der Waals surface area contributed by atoms with Gasteiger partial charge in [-0.2, -0.15) is 0 Å². The molecule has 1 spiro atoms. The summed E-state index contributed by atoms with van der Waals surface area (Å²) in [7, 11) is 0. The zero-order valence-corrected chi connectivity index (χ0v) is 25.6. The molecule has 232 valence electrons. The second-order valence-corrected chi connectivity index (χ2v) is 12.2. The maximum absolute atomic E-state index is 13.2. The standard InChI is InChI=1S/C31H42O11/c1-9-11-24(35)39-20-14-16(3)15-22-31(30(8,42-31)28(36)40-22)27(38-19(6)33)25-17(4)12-13-21(37-18(5)32)29(25,7)26(20)41-23(34)10-2/h12,15,20-22,25-27H,9-11,13-14H2,1-8H3/b16-15-/t20-,21-,22-,25+,26-,27?,29-,30-,31-/m0/s1. The summed E-state index contributed by atoms with van der Waals surface area (Å²) in [6.45, 7) is 13.1. The molecule has 42 heavy (non-hydrogen) atoms. The van der Waals surface area contributed by atoms with E-state index in [0.29, 0.717) is 12.0 Å². The summed E-state index contributed by atoms with van der Waals surface area (Å²) < 4.78 is 36.2. The van der Waals surface area contributed by atoms with Crippen LogP contribution in [0.5, 0.6) is 0 Å². The molecule has 4 aliphatic rings. The fourth-order valence-electron chi connectivity index (χ4n) is 7.17. The maximum atomic E-state index is 13.2. The average Bonchev–Trinajstić information content (AvgIpc) is 3.48. The average molecular weight is 591 g/mol. The van der Waals surface area contributed by atoms with E-state index in [4.69, 9.17) is 28.4 Å². The van der Waals surface area contributed by atoms with Gasteiger partial charge in [0.05, 0.1) is 5.41 Å². The highest BCUT2D eigenvalue weighted by molar-refractivity contribution is 5.89. The molecule has 11 nitrogen and oxygen atoms in total. The number of esters is 5. The van der Waals surface area contributed by atoms with Crippen LogP contribution in [0.2, 0.25) is 0 Å². The molecule has 0 aromatic carbocycles. The molecule has 0 N–H and O–H groups in total. The Labute approximate surface area is 246 Å². The lowest BCUT2D eigenvalue weighted by Gasteiger charge is -2.54. The first-order valence-corrected chi connectivity index (χ1v) is 14.6. The molecule has 0 bridgehead atoms. The minimum absolute atomic E-state index is 0.0393. The second-order valence-electron chi connectivity index (χ2n) is 12.2. The first-order chi connectivity index (χ1) is 19.6. The first kappa shape index (κ1) is 31.7. The summed E-state index contributed by atoms with van der Waals surface area (Å²) in [6.07, 6.45) is -0.349. The van der Waals surface area contributed by atoms with Crippen LogP contribution in [-0.4, -0.2) is 71.6 Å². The van der Waals surface area contributed by atoms with Crippen molar-refractivity contribution in [2.75, 3.05) is 0 Å². The zero-order valence-electron chi connectivity index (χ0n) is 25.6. The first-order valence-electron chi connectivity index (χ1n) is 14.6. The minimum atomic E-state index is -1.41. The van der Waals surface area contributed by atoms with E-state index >= 15 is 0 Å². The molecule has 2 aliphatic heterocycles. The summed E-state index contributed by atoms with van der Waals surface area (Å²) in [5.74, 6) is -3.61. The highest BCUT2D eigenvalue weighted by Crippen LogP contribution is 2.65. The van der Waals surface area contributed by atoms with Gasteiger partial charge in [0, 0.05) is 45.4 Å². The number of rotatable bonds is 7. The van der Waals surface area contributed by atoms with Crippen LogP contribution in [0.3, 0.4) is 0 Å². The van der Waals surface area contributed by atoms with Crippen LogP contribution >= 0.6 is 0 Å². The van der Waals surface area contributed by atoms with E-state index in [0.717, 1.165) is 5.57 Å². The van der Waals surface area contributed by atoms with E-state index in [1.165, 1.54) is 13.8 Å². The minimum Gasteiger partial charge on any atom is -0.461 e. The largest absolute Gasteiger partial charge is 0.461 e. The predicted molar refractivity (Wildman–Crippen MR) is 147 cm³/mol. The molecule has 2 saturated heterocycles. The van der Waals surface area contributed by atoms with Crippen LogP contribution in [0, 0.1) is 11.3 Å². The molecular formula is C31H42O11. The second kappa shape index (κ2) is 11.5. The van der Waals surface area contributed by atoms with Crippen LogP contribution in [0.4, 0.5) is 0 Å². The zero-order chi connectivity index (χ0) is 31.2. The van der Waals surface area contributed by atoms with E-state index in [2.05, 4.69) is 0 Å². The molecule has 2 fully saturated rings. The lowest BCUT2D eigenvalue weighted by molar-refractivity contribution is -0.215. The smallest absolute Gasteiger partial charge is 0.342 e. The fourth-order valence-corrected chi connectivity index (χ4v) is 7.17. The Bertz CT molecular complexity index is 1220. The molecule has 4 rings (SSSR count). The molecule has 2 heterocycles. The summed E-state index contributed by atoms with van der Waals surface area (Å²) in [5.41, 5.74) is -2.71.